The average Bonchev–Trinajstić information content (AvgIpc) is 2.64. The fourth-order valence-corrected chi connectivity index (χ4v) is 2.29. The van der Waals surface area contributed by atoms with E-state index in [1.807, 2.05) is 0 Å². The molecule has 1 aliphatic heterocycles. The Bertz CT molecular complexity index is 513. The van der Waals surface area contributed by atoms with Gasteiger partial charge in [0.1, 0.15) is 17.6 Å². The summed E-state index contributed by atoms with van der Waals surface area (Å²) in [6, 6.07) is 1.43. The Hall–Kier alpha value is -1.48. The number of hydrogen-bond donors (Lipinski definition) is 4. The second kappa shape index (κ2) is 4.89. The van der Waals surface area contributed by atoms with E-state index in [0.29, 0.717) is 0 Å². The zero-order chi connectivity index (χ0) is 14.2. The minimum atomic E-state index is -1.48. The van der Waals surface area contributed by atoms with Crippen LogP contribution < -0.4 is 11.4 Å². The molecule has 0 spiro atoms. The minimum absolute atomic E-state index is 0.0861. The van der Waals surface area contributed by atoms with Gasteiger partial charge in [0.2, 0.25) is 0 Å². The number of nitrogens with zero attached hydrogens (tertiary/aromatic N) is 2. The Morgan fingerprint density at radius 3 is 2.63 bits per heavy atom. The van der Waals surface area contributed by atoms with Crippen LogP contribution in [0.1, 0.15) is 13.2 Å². The molecule has 106 valence electrons. The van der Waals surface area contributed by atoms with Crippen LogP contribution in [0.5, 0.6) is 0 Å². The van der Waals surface area contributed by atoms with Crippen molar-refractivity contribution < 1.29 is 20.1 Å². The van der Waals surface area contributed by atoms with Crippen LogP contribution in [0.15, 0.2) is 17.1 Å². The standard InChI is InChI=1S/C11H17N3O5/c1-6-8(17)11(4-15,5-16)19-9(6)14-3-2-7(12)13-10(14)18/h2-3,6,8-9,15-17H,4-5H2,1H3,(H2,12,13,18)/t6?,8?,9-/m1/s1. The maximum atomic E-state index is 11.8. The Morgan fingerprint density at radius 1 is 1.53 bits per heavy atom. The predicted octanol–water partition coefficient (Wildman–Crippen LogP) is -1.93. The lowest BCUT2D eigenvalue weighted by molar-refractivity contribution is -0.150. The van der Waals surface area contributed by atoms with Crippen molar-refractivity contribution >= 4 is 5.82 Å². The predicted molar refractivity (Wildman–Crippen MR) is 65.1 cm³/mol. The highest BCUT2D eigenvalue weighted by Gasteiger charge is 2.53. The number of nitrogens with two attached hydrogens (primary N) is 1. The van der Waals surface area contributed by atoms with Crippen LogP contribution in [0, 0.1) is 5.92 Å². The maximum Gasteiger partial charge on any atom is 0.351 e. The Morgan fingerprint density at radius 2 is 2.16 bits per heavy atom. The zero-order valence-electron chi connectivity index (χ0n) is 10.4. The van der Waals surface area contributed by atoms with Crippen molar-refractivity contribution in [2.75, 3.05) is 18.9 Å². The molecule has 2 rings (SSSR count). The monoisotopic (exact) mass is 271 g/mol. The van der Waals surface area contributed by atoms with Gasteiger partial charge in [0.15, 0.2) is 0 Å². The van der Waals surface area contributed by atoms with Crippen molar-refractivity contribution in [3.05, 3.63) is 22.7 Å². The number of aliphatic hydroxyl groups excluding tert-OH is 3. The minimum Gasteiger partial charge on any atom is -0.393 e. The largest absolute Gasteiger partial charge is 0.393 e. The molecular formula is C11H17N3O5. The van der Waals surface area contributed by atoms with Crippen LogP contribution in [0.3, 0.4) is 0 Å². The number of aromatic nitrogens is 2. The molecular weight excluding hydrogens is 254 g/mol. The van der Waals surface area contributed by atoms with E-state index in [4.69, 9.17) is 10.5 Å². The van der Waals surface area contributed by atoms with Gasteiger partial charge in [-0.05, 0) is 6.07 Å². The molecule has 8 nitrogen and oxygen atoms in total. The molecule has 1 aromatic heterocycles. The van der Waals surface area contributed by atoms with Gasteiger partial charge < -0.3 is 25.8 Å². The molecule has 0 amide bonds. The summed E-state index contributed by atoms with van der Waals surface area (Å²) >= 11 is 0. The van der Waals surface area contributed by atoms with Crippen LogP contribution in [-0.2, 0) is 4.74 Å². The quantitative estimate of drug-likeness (QED) is 0.503. The molecule has 19 heavy (non-hydrogen) atoms. The maximum absolute atomic E-state index is 11.8. The van der Waals surface area contributed by atoms with Gasteiger partial charge in [0.05, 0.1) is 19.3 Å². The SMILES string of the molecule is CC1C(O)C(CO)(CO)O[C@H]1n1ccc(N)nc1=O. The second-order valence-corrected chi connectivity index (χ2v) is 4.74. The summed E-state index contributed by atoms with van der Waals surface area (Å²) in [4.78, 5) is 15.3. The summed E-state index contributed by atoms with van der Waals surface area (Å²) in [5.41, 5.74) is 3.30. The molecule has 2 unspecified atom stereocenters. The summed E-state index contributed by atoms with van der Waals surface area (Å²) in [6.07, 6.45) is -0.518. The summed E-state index contributed by atoms with van der Waals surface area (Å²) in [7, 11) is 0. The molecule has 1 saturated heterocycles. The first-order valence-electron chi connectivity index (χ1n) is 5.87. The highest BCUT2D eigenvalue weighted by Crippen LogP contribution is 2.40. The Kier molecular flexibility index (Phi) is 3.59. The molecule has 3 atom stereocenters. The van der Waals surface area contributed by atoms with E-state index in [1.54, 1.807) is 6.92 Å². The molecule has 1 fully saturated rings. The van der Waals surface area contributed by atoms with Crippen molar-refractivity contribution in [1.29, 1.82) is 0 Å². The molecule has 0 bridgehead atoms. The molecule has 5 N–H and O–H groups in total. The molecule has 2 heterocycles. The van der Waals surface area contributed by atoms with Crippen LogP contribution in [0.4, 0.5) is 5.82 Å². The number of aliphatic hydroxyl groups is 3. The third kappa shape index (κ3) is 2.12. The summed E-state index contributed by atoms with van der Waals surface area (Å²) in [5.74, 6) is -0.412. The van der Waals surface area contributed by atoms with Crippen LogP contribution >= 0.6 is 0 Å². The van der Waals surface area contributed by atoms with Crippen LogP contribution in [0.25, 0.3) is 0 Å². The molecule has 0 radical (unpaired) electrons. The number of rotatable bonds is 3. The van der Waals surface area contributed by atoms with Gasteiger partial charge in [-0.15, -0.1) is 0 Å². The van der Waals surface area contributed by atoms with E-state index in [-0.39, 0.29) is 5.82 Å². The number of hydrogen-bond acceptors (Lipinski definition) is 7. The van der Waals surface area contributed by atoms with Gasteiger partial charge >= 0.3 is 5.69 Å². The first kappa shape index (κ1) is 13.9. The lowest BCUT2D eigenvalue weighted by atomic mass is 9.92. The van der Waals surface area contributed by atoms with E-state index in [9.17, 15) is 20.1 Å². The Labute approximate surface area is 109 Å². The van der Waals surface area contributed by atoms with Crippen molar-refractivity contribution in [3.8, 4) is 0 Å². The molecule has 1 aromatic rings. The van der Waals surface area contributed by atoms with Gasteiger partial charge in [-0.2, -0.15) is 4.98 Å². The topological polar surface area (TPSA) is 131 Å². The van der Waals surface area contributed by atoms with E-state index >= 15 is 0 Å². The van der Waals surface area contributed by atoms with E-state index in [0.717, 1.165) is 0 Å². The van der Waals surface area contributed by atoms with Gasteiger partial charge in [-0.3, -0.25) is 4.57 Å². The van der Waals surface area contributed by atoms with Crippen LogP contribution in [-0.4, -0.2) is 49.8 Å². The van der Waals surface area contributed by atoms with Gasteiger partial charge in [0.25, 0.3) is 0 Å². The number of nitrogen functional groups attached to an aromatic ring is 1. The number of ether oxygens (including phenoxy) is 1. The smallest absolute Gasteiger partial charge is 0.351 e. The van der Waals surface area contributed by atoms with E-state index in [1.165, 1.54) is 16.8 Å². The van der Waals surface area contributed by atoms with Crippen LogP contribution in [0.2, 0.25) is 0 Å². The molecule has 1 aliphatic rings. The van der Waals surface area contributed by atoms with Gasteiger partial charge in [0, 0.05) is 12.1 Å². The van der Waals surface area contributed by atoms with Crippen molar-refractivity contribution in [3.63, 3.8) is 0 Å². The molecule has 0 aliphatic carbocycles. The highest BCUT2D eigenvalue weighted by molar-refractivity contribution is 5.23. The summed E-state index contributed by atoms with van der Waals surface area (Å²) < 4.78 is 6.69. The van der Waals surface area contributed by atoms with Gasteiger partial charge in [-0.25, -0.2) is 4.79 Å². The molecule has 0 saturated carbocycles. The highest BCUT2D eigenvalue weighted by atomic mass is 16.6. The normalized spacial score (nSPS) is 29.6. The van der Waals surface area contributed by atoms with Crippen molar-refractivity contribution in [1.82, 2.24) is 9.55 Å². The van der Waals surface area contributed by atoms with Crippen molar-refractivity contribution in [2.24, 2.45) is 5.92 Å². The zero-order valence-corrected chi connectivity index (χ0v) is 10.4. The first-order valence-corrected chi connectivity index (χ1v) is 5.87. The number of anilines is 1. The molecule has 8 heteroatoms. The third-order valence-electron chi connectivity index (χ3n) is 3.50. The van der Waals surface area contributed by atoms with Crippen molar-refractivity contribution in [2.45, 2.75) is 24.9 Å². The summed E-state index contributed by atoms with van der Waals surface area (Å²) in [6.45, 7) is 0.552. The summed E-state index contributed by atoms with van der Waals surface area (Å²) in [5, 5.41) is 28.7. The average molecular weight is 271 g/mol. The van der Waals surface area contributed by atoms with Gasteiger partial charge in [-0.1, -0.05) is 6.92 Å². The lowest BCUT2D eigenvalue weighted by Crippen LogP contribution is -2.47. The second-order valence-electron chi connectivity index (χ2n) is 4.74. The first-order chi connectivity index (χ1) is 8.95. The third-order valence-corrected chi connectivity index (χ3v) is 3.50. The van der Waals surface area contributed by atoms with E-state index in [2.05, 4.69) is 4.98 Å². The lowest BCUT2D eigenvalue weighted by Gasteiger charge is -2.27. The molecule has 0 aromatic carbocycles. The fraction of sp³-hybridized carbons (Fsp3) is 0.636. The van der Waals surface area contributed by atoms with E-state index < -0.39 is 42.8 Å². The fourth-order valence-electron chi connectivity index (χ4n) is 2.29. The Balaban J connectivity index is 2.39.